The standard InChI is InChI=1S/C14H30O2.C12H24O2.K/c1-2-3-4-5-6-7-8-9-10-11-13-16-14-12-15;1-2-3-4-5-6-7-8-9-10-11-12(13)14;/h15H,2-14H2,1H3;2-11H2,1H3,(H,13,14);/q;;+1/p-1. The molecule has 31 heavy (non-hydrogen) atoms. The number of carbonyl (C=O) groups is 1. The number of unbranched alkanes of at least 4 members (excludes halogenated alkanes) is 17. The number of carbonyl (C=O) groups excluding carboxylic acids is 1. The van der Waals surface area contributed by atoms with E-state index in [1.54, 1.807) is 0 Å². The summed E-state index contributed by atoms with van der Waals surface area (Å²) >= 11 is 0. The first-order valence-corrected chi connectivity index (χ1v) is 13.1. The van der Waals surface area contributed by atoms with E-state index in [2.05, 4.69) is 13.8 Å². The van der Waals surface area contributed by atoms with Crippen LogP contribution < -0.4 is 56.5 Å². The normalized spacial score (nSPS) is 10.3. The molecule has 0 amide bonds. The number of carboxylic acid groups (broad SMARTS) is 1. The summed E-state index contributed by atoms with van der Waals surface area (Å²) < 4.78 is 5.20. The molecular weight excluding hydrogens is 415 g/mol. The SMILES string of the molecule is CCCCCCCCCCCC(=O)[O-].CCCCCCCCCCCCOCCO.[K+]. The molecule has 0 saturated heterocycles. The topological polar surface area (TPSA) is 69.6 Å². The van der Waals surface area contributed by atoms with E-state index in [0.717, 1.165) is 25.9 Å². The molecule has 0 saturated carbocycles. The summed E-state index contributed by atoms with van der Waals surface area (Å²) in [6, 6.07) is 0. The zero-order chi connectivity index (χ0) is 22.5. The van der Waals surface area contributed by atoms with Crippen LogP contribution in [0.5, 0.6) is 0 Å². The summed E-state index contributed by atoms with van der Waals surface area (Å²) in [7, 11) is 0. The molecule has 0 rings (SSSR count). The monoisotopic (exact) mass is 468 g/mol. The van der Waals surface area contributed by atoms with Gasteiger partial charge in [0.05, 0.1) is 13.2 Å². The van der Waals surface area contributed by atoms with Crippen LogP contribution in [-0.4, -0.2) is 30.9 Å². The third kappa shape index (κ3) is 41.7. The van der Waals surface area contributed by atoms with Crippen LogP contribution in [0, 0.1) is 0 Å². The minimum Gasteiger partial charge on any atom is -0.550 e. The van der Waals surface area contributed by atoms with Gasteiger partial charge in [-0.05, 0) is 19.3 Å². The molecule has 0 spiro atoms. The Bertz CT molecular complexity index is 300. The van der Waals surface area contributed by atoms with Crippen molar-refractivity contribution in [3.8, 4) is 0 Å². The summed E-state index contributed by atoms with van der Waals surface area (Å²) in [5.41, 5.74) is 0. The van der Waals surface area contributed by atoms with Crippen LogP contribution in [0.4, 0.5) is 0 Å². The van der Waals surface area contributed by atoms with Gasteiger partial charge in [-0.15, -0.1) is 0 Å². The van der Waals surface area contributed by atoms with Crippen molar-refractivity contribution in [3.63, 3.8) is 0 Å². The second-order valence-electron chi connectivity index (χ2n) is 8.47. The fourth-order valence-corrected chi connectivity index (χ4v) is 3.44. The number of aliphatic hydroxyl groups excluding tert-OH is 1. The van der Waals surface area contributed by atoms with Gasteiger partial charge in [0.1, 0.15) is 0 Å². The van der Waals surface area contributed by atoms with Gasteiger partial charge < -0.3 is 19.7 Å². The molecule has 0 aromatic heterocycles. The van der Waals surface area contributed by atoms with Crippen LogP contribution in [0.3, 0.4) is 0 Å². The molecule has 4 nitrogen and oxygen atoms in total. The van der Waals surface area contributed by atoms with Crippen LogP contribution in [0.1, 0.15) is 142 Å². The molecule has 1 N–H and O–H groups in total. The second-order valence-corrected chi connectivity index (χ2v) is 8.47. The zero-order valence-corrected chi connectivity index (χ0v) is 24.6. The van der Waals surface area contributed by atoms with E-state index in [1.807, 2.05) is 0 Å². The molecule has 0 heterocycles. The third-order valence-electron chi connectivity index (χ3n) is 5.36. The number of hydrogen-bond acceptors (Lipinski definition) is 4. The fraction of sp³-hybridized carbons (Fsp3) is 0.962. The molecule has 5 heteroatoms. The Labute approximate surface area is 237 Å². The Kier molecular flexibility index (Phi) is 42.0. The molecule has 0 aromatic rings. The van der Waals surface area contributed by atoms with Crippen LogP contribution in [0.25, 0.3) is 0 Å². The maximum Gasteiger partial charge on any atom is 1.00 e. The van der Waals surface area contributed by atoms with Crippen molar-refractivity contribution in [3.05, 3.63) is 0 Å². The Morgan fingerprint density at radius 2 is 0.968 bits per heavy atom. The van der Waals surface area contributed by atoms with Crippen LogP contribution >= 0.6 is 0 Å². The van der Waals surface area contributed by atoms with Gasteiger partial charge in [0.15, 0.2) is 0 Å². The van der Waals surface area contributed by atoms with E-state index in [-0.39, 0.29) is 64.4 Å². The fourth-order valence-electron chi connectivity index (χ4n) is 3.44. The summed E-state index contributed by atoms with van der Waals surface area (Å²) in [5, 5.41) is 18.6. The predicted molar refractivity (Wildman–Crippen MR) is 127 cm³/mol. The Morgan fingerprint density at radius 3 is 1.32 bits per heavy atom. The number of carboxylic acids is 1. The molecule has 0 bridgehead atoms. The number of ether oxygens (including phenoxy) is 1. The van der Waals surface area contributed by atoms with E-state index in [0.29, 0.717) is 6.61 Å². The molecule has 0 fully saturated rings. The van der Waals surface area contributed by atoms with Crippen LogP contribution in [0.15, 0.2) is 0 Å². The summed E-state index contributed by atoms with van der Waals surface area (Å²) in [4.78, 5) is 10.1. The van der Waals surface area contributed by atoms with Gasteiger partial charge in [-0.2, -0.15) is 0 Å². The minimum absolute atomic E-state index is 0. The number of rotatable bonds is 23. The third-order valence-corrected chi connectivity index (χ3v) is 5.36. The average molecular weight is 469 g/mol. The Balaban J connectivity index is -0.000000494. The summed E-state index contributed by atoms with van der Waals surface area (Å²) in [6.45, 7) is 5.95. The average Bonchev–Trinajstić information content (AvgIpc) is 2.74. The van der Waals surface area contributed by atoms with Gasteiger partial charge in [-0.1, -0.05) is 123 Å². The molecule has 0 aliphatic heterocycles. The van der Waals surface area contributed by atoms with Crippen molar-refractivity contribution in [2.75, 3.05) is 19.8 Å². The van der Waals surface area contributed by atoms with Crippen molar-refractivity contribution in [2.24, 2.45) is 0 Å². The zero-order valence-electron chi connectivity index (χ0n) is 21.4. The molecule has 0 aliphatic carbocycles. The Hall–Kier alpha value is 1.03. The molecule has 0 radical (unpaired) electrons. The molecule has 0 atom stereocenters. The van der Waals surface area contributed by atoms with E-state index in [4.69, 9.17) is 9.84 Å². The minimum atomic E-state index is -0.909. The van der Waals surface area contributed by atoms with Gasteiger partial charge in [-0.3, -0.25) is 0 Å². The predicted octanol–water partition coefficient (Wildman–Crippen LogP) is 3.58. The van der Waals surface area contributed by atoms with Gasteiger partial charge in [0, 0.05) is 12.6 Å². The van der Waals surface area contributed by atoms with Crippen molar-refractivity contribution >= 4 is 5.97 Å². The van der Waals surface area contributed by atoms with Gasteiger partial charge in [0.25, 0.3) is 0 Å². The van der Waals surface area contributed by atoms with Gasteiger partial charge >= 0.3 is 51.4 Å². The number of hydrogen-bond donors (Lipinski definition) is 1. The smallest absolute Gasteiger partial charge is 0.550 e. The Morgan fingerprint density at radius 1 is 0.613 bits per heavy atom. The first-order valence-electron chi connectivity index (χ1n) is 13.1. The maximum absolute atomic E-state index is 10.1. The summed E-state index contributed by atoms with van der Waals surface area (Å²) in [5.74, 6) is -0.909. The van der Waals surface area contributed by atoms with Crippen molar-refractivity contribution in [1.82, 2.24) is 0 Å². The molecule has 0 unspecified atom stereocenters. The van der Waals surface area contributed by atoms with E-state index < -0.39 is 5.97 Å². The second kappa shape index (κ2) is 35.6. The molecule has 0 aliphatic rings. The number of aliphatic carboxylic acids is 1. The van der Waals surface area contributed by atoms with Gasteiger partial charge in [0.2, 0.25) is 0 Å². The van der Waals surface area contributed by atoms with Gasteiger partial charge in [-0.25, -0.2) is 0 Å². The first kappa shape index (κ1) is 36.6. The molecule has 182 valence electrons. The quantitative estimate of drug-likeness (QED) is 0.184. The van der Waals surface area contributed by atoms with Crippen LogP contribution in [0.2, 0.25) is 0 Å². The first-order chi connectivity index (χ1) is 14.7. The summed E-state index contributed by atoms with van der Waals surface area (Å²) in [6.07, 6.45) is 24.7. The maximum atomic E-state index is 10.1. The van der Waals surface area contributed by atoms with Crippen molar-refractivity contribution in [1.29, 1.82) is 0 Å². The van der Waals surface area contributed by atoms with E-state index in [1.165, 1.54) is 103 Å². The van der Waals surface area contributed by atoms with E-state index >= 15 is 0 Å². The largest absolute Gasteiger partial charge is 1.00 e. The van der Waals surface area contributed by atoms with Crippen molar-refractivity contribution in [2.45, 2.75) is 142 Å². The van der Waals surface area contributed by atoms with Crippen LogP contribution in [-0.2, 0) is 9.53 Å². The van der Waals surface area contributed by atoms with Crippen molar-refractivity contribution < 1.29 is 71.1 Å². The molecule has 0 aromatic carbocycles. The number of aliphatic hydroxyl groups is 1. The van der Waals surface area contributed by atoms with E-state index in [9.17, 15) is 9.90 Å². The molecular formula is C26H53KO4.